The fourth-order valence-corrected chi connectivity index (χ4v) is 5.66. The van der Waals surface area contributed by atoms with Crippen molar-refractivity contribution in [2.24, 2.45) is 5.92 Å². The summed E-state index contributed by atoms with van der Waals surface area (Å²) < 4.78 is 29.2. The van der Waals surface area contributed by atoms with E-state index in [-0.39, 0.29) is 23.1 Å². The number of aryl methyl sites for hydroxylation is 1. The van der Waals surface area contributed by atoms with Crippen LogP contribution in [-0.4, -0.2) is 44.3 Å². The lowest BCUT2D eigenvalue weighted by atomic mass is 9.98. The number of carbonyl (C=O) groups excluding carboxylic acids is 2. The van der Waals surface area contributed by atoms with Crippen LogP contribution in [0.15, 0.2) is 53.4 Å². The van der Waals surface area contributed by atoms with E-state index in [1.807, 2.05) is 30.3 Å². The van der Waals surface area contributed by atoms with Crippen LogP contribution < -0.4 is 10.0 Å². The number of piperidine rings is 1. The van der Waals surface area contributed by atoms with E-state index in [1.54, 1.807) is 17.0 Å². The number of hydrogen-bond donors (Lipinski definition) is 2. The first-order valence-electron chi connectivity index (χ1n) is 11.1. The van der Waals surface area contributed by atoms with Crippen LogP contribution in [-0.2, 0) is 32.5 Å². The number of rotatable bonds is 6. The number of amides is 2. The van der Waals surface area contributed by atoms with Crippen LogP contribution >= 0.6 is 0 Å². The second-order valence-corrected chi connectivity index (χ2v) is 10.5. The van der Waals surface area contributed by atoms with Crippen molar-refractivity contribution in [3.05, 3.63) is 59.7 Å². The Labute approximate surface area is 189 Å². The van der Waals surface area contributed by atoms with E-state index >= 15 is 0 Å². The number of fused-ring (bicyclic) bond motifs is 1. The summed E-state index contributed by atoms with van der Waals surface area (Å²) in [5.74, 6) is 0.141. The Morgan fingerprint density at radius 2 is 1.97 bits per heavy atom. The molecule has 2 atom stereocenters. The molecule has 2 heterocycles. The molecule has 2 aromatic carbocycles. The highest BCUT2D eigenvalue weighted by Gasteiger charge is 2.32. The van der Waals surface area contributed by atoms with Crippen LogP contribution in [0.1, 0.15) is 37.3 Å². The molecule has 2 aliphatic heterocycles. The molecule has 1 saturated heterocycles. The van der Waals surface area contributed by atoms with Crippen LogP contribution in [0.4, 0.5) is 5.69 Å². The first-order chi connectivity index (χ1) is 15.3. The van der Waals surface area contributed by atoms with Gasteiger partial charge in [0.25, 0.3) is 0 Å². The van der Waals surface area contributed by atoms with Crippen LogP contribution in [0.3, 0.4) is 0 Å². The van der Waals surface area contributed by atoms with Crippen molar-refractivity contribution < 1.29 is 18.0 Å². The van der Waals surface area contributed by atoms with Gasteiger partial charge in [-0.25, -0.2) is 8.42 Å². The molecule has 2 amide bonds. The van der Waals surface area contributed by atoms with Crippen LogP contribution in [0, 0.1) is 5.92 Å². The number of benzene rings is 2. The van der Waals surface area contributed by atoms with Gasteiger partial charge in [-0.15, -0.1) is 0 Å². The molecule has 2 aliphatic rings. The maximum atomic E-state index is 13.4. The normalized spacial score (nSPS) is 19.7. The van der Waals surface area contributed by atoms with Crippen molar-refractivity contribution in [1.29, 1.82) is 0 Å². The van der Waals surface area contributed by atoms with Crippen molar-refractivity contribution in [1.82, 2.24) is 9.62 Å². The van der Waals surface area contributed by atoms with Gasteiger partial charge < -0.3 is 10.2 Å². The molecular formula is C24H29N3O4S. The van der Waals surface area contributed by atoms with Gasteiger partial charge in [0.2, 0.25) is 21.8 Å². The zero-order valence-corrected chi connectivity index (χ0v) is 19.0. The number of anilines is 1. The summed E-state index contributed by atoms with van der Waals surface area (Å²) in [7, 11) is -3.93. The second-order valence-electron chi connectivity index (χ2n) is 8.76. The third kappa shape index (κ3) is 5.19. The molecule has 0 saturated carbocycles. The van der Waals surface area contributed by atoms with Crippen molar-refractivity contribution in [2.45, 2.75) is 50.0 Å². The average Bonchev–Trinajstić information content (AvgIpc) is 2.78. The summed E-state index contributed by atoms with van der Waals surface area (Å²) in [4.78, 5) is 26.9. The van der Waals surface area contributed by atoms with Gasteiger partial charge in [-0.2, -0.15) is 4.72 Å². The molecule has 32 heavy (non-hydrogen) atoms. The summed E-state index contributed by atoms with van der Waals surface area (Å²) >= 11 is 0. The van der Waals surface area contributed by atoms with Gasteiger partial charge >= 0.3 is 0 Å². The average molecular weight is 456 g/mol. The van der Waals surface area contributed by atoms with Gasteiger partial charge in [-0.1, -0.05) is 37.3 Å². The standard InChI is InChI=1S/C24H29N3O4S/c1-17-6-5-13-27(16-17)24(29)22(14-18-7-3-2-4-8-18)26-32(30,31)20-10-11-21-19(15-20)9-12-23(28)25-21/h2-4,7-8,10-11,15,17,22,26H,5-6,9,12-14,16H2,1H3,(H,25,28). The van der Waals surface area contributed by atoms with Crippen molar-refractivity contribution >= 4 is 27.5 Å². The maximum Gasteiger partial charge on any atom is 0.241 e. The summed E-state index contributed by atoms with van der Waals surface area (Å²) in [6.07, 6.45) is 3.10. The monoisotopic (exact) mass is 455 g/mol. The minimum absolute atomic E-state index is 0.0736. The van der Waals surface area contributed by atoms with Gasteiger partial charge in [-0.05, 0) is 60.9 Å². The van der Waals surface area contributed by atoms with Gasteiger partial charge in [0.15, 0.2) is 0 Å². The highest BCUT2D eigenvalue weighted by Crippen LogP contribution is 2.26. The molecule has 2 aromatic rings. The fourth-order valence-electron chi connectivity index (χ4n) is 4.42. The molecule has 2 N–H and O–H groups in total. The largest absolute Gasteiger partial charge is 0.341 e. The van der Waals surface area contributed by atoms with Crippen LogP contribution in [0.2, 0.25) is 0 Å². The molecule has 0 radical (unpaired) electrons. The van der Waals surface area contributed by atoms with E-state index in [0.717, 1.165) is 24.0 Å². The van der Waals surface area contributed by atoms with E-state index in [0.29, 0.717) is 37.5 Å². The Bertz CT molecular complexity index is 1100. The number of likely N-dealkylation sites (tertiary alicyclic amines) is 1. The number of nitrogens with zero attached hydrogens (tertiary/aromatic N) is 1. The predicted octanol–water partition coefficient (Wildman–Crippen LogP) is 2.72. The van der Waals surface area contributed by atoms with Gasteiger partial charge in [0.1, 0.15) is 6.04 Å². The van der Waals surface area contributed by atoms with E-state index < -0.39 is 16.1 Å². The Kier molecular flexibility index (Phi) is 6.62. The Hall–Kier alpha value is -2.71. The highest BCUT2D eigenvalue weighted by atomic mass is 32.2. The molecule has 7 nitrogen and oxygen atoms in total. The maximum absolute atomic E-state index is 13.4. The number of nitrogens with one attached hydrogen (secondary N) is 2. The zero-order chi connectivity index (χ0) is 22.7. The third-order valence-corrected chi connectivity index (χ3v) is 7.60. The zero-order valence-electron chi connectivity index (χ0n) is 18.2. The minimum Gasteiger partial charge on any atom is -0.341 e. The molecule has 8 heteroatoms. The molecule has 0 aliphatic carbocycles. The van der Waals surface area contributed by atoms with Crippen LogP contribution in [0.25, 0.3) is 0 Å². The third-order valence-electron chi connectivity index (χ3n) is 6.13. The topological polar surface area (TPSA) is 95.6 Å². The predicted molar refractivity (Wildman–Crippen MR) is 123 cm³/mol. The summed E-state index contributed by atoms with van der Waals surface area (Å²) in [6.45, 7) is 3.40. The van der Waals surface area contributed by atoms with Crippen molar-refractivity contribution in [3.8, 4) is 0 Å². The Morgan fingerprint density at radius 1 is 1.19 bits per heavy atom. The lowest BCUT2D eigenvalue weighted by Gasteiger charge is -2.34. The van der Waals surface area contributed by atoms with Gasteiger partial charge in [0, 0.05) is 25.2 Å². The summed E-state index contributed by atoms with van der Waals surface area (Å²) in [5, 5.41) is 2.76. The molecule has 0 bridgehead atoms. The van der Waals surface area contributed by atoms with Crippen molar-refractivity contribution in [3.63, 3.8) is 0 Å². The van der Waals surface area contributed by atoms with E-state index in [4.69, 9.17) is 0 Å². The van der Waals surface area contributed by atoms with Crippen molar-refractivity contribution in [2.75, 3.05) is 18.4 Å². The molecule has 0 spiro atoms. The summed E-state index contributed by atoms with van der Waals surface area (Å²) in [6, 6.07) is 13.2. The molecule has 1 fully saturated rings. The fraction of sp³-hybridized carbons (Fsp3) is 0.417. The number of hydrogen-bond acceptors (Lipinski definition) is 4. The SMILES string of the molecule is CC1CCCN(C(=O)C(Cc2ccccc2)NS(=O)(=O)c2ccc3c(c2)CCC(=O)N3)C1. The molecule has 0 aromatic heterocycles. The molecule has 4 rings (SSSR count). The van der Waals surface area contributed by atoms with E-state index in [9.17, 15) is 18.0 Å². The molecule has 2 unspecified atom stereocenters. The number of sulfonamides is 1. The van der Waals surface area contributed by atoms with Gasteiger partial charge in [0.05, 0.1) is 4.90 Å². The van der Waals surface area contributed by atoms with Crippen LogP contribution in [0.5, 0.6) is 0 Å². The first-order valence-corrected chi connectivity index (χ1v) is 12.6. The Balaban J connectivity index is 1.59. The summed E-state index contributed by atoms with van der Waals surface area (Å²) in [5.41, 5.74) is 2.31. The Morgan fingerprint density at radius 3 is 2.72 bits per heavy atom. The quantitative estimate of drug-likeness (QED) is 0.700. The lowest BCUT2D eigenvalue weighted by Crippen LogP contribution is -2.52. The second kappa shape index (κ2) is 9.42. The van der Waals surface area contributed by atoms with E-state index in [1.165, 1.54) is 6.07 Å². The smallest absolute Gasteiger partial charge is 0.241 e. The highest BCUT2D eigenvalue weighted by molar-refractivity contribution is 7.89. The number of carbonyl (C=O) groups is 2. The molecular weight excluding hydrogens is 426 g/mol. The molecule has 170 valence electrons. The lowest BCUT2D eigenvalue weighted by molar-refractivity contribution is -0.134. The minimum atomic E-state index is -3.93. The van der Waals surface area contributed by atoms with Gasteiger partial charge in [-0.3, -0.25) is 9.59 Å². The first kappa shape index (κ1) is 22.5. The van der Waals surface area contributed by atoms with E-state index in [2.05, 4.69) is 17.0 Å².